The molecule has 0 heterocycles. The van der Waals surface area contributed by atoms with Gasteiger partial charge in [0.25, 0.3) is 0 Å². The summed E-state index contributed by atoms with van der Waals surface area (Å²) in [5, 5.41) is 11.2. The maximum Gasteiger partial charge on any atom is 0.314 e. The van der Waals surface area contributed by atoms with Crippen molar-refractivity contribution in [3.63, 3.8) is 0 Å². The number of nitro groups is 1. The summed E-state index contributed by atoms with van der Waals surface area (Å²) in [6.07, 6.45) is 5.67. The molecule has 0 aromatic heterocycles. The zero-order valence-corrected chi connectivity index (χ0v) is 13.5. The first-order valence-electron chi connectivity index (χ1n) is 7.20. The lowest BCUT2D eigenvalue weighted by molar-refractivity contribution is -0.386. The molecule has 2 fully saturated rings. The van der Waals surface area contributed by atoms with Crippen LogP contribution in [0.2, 0.25) is 0 Å². The van der Waals surface area contributed by atoms with E-state index in [9.17, 15) is 10.1 Å². The highest BCUT2D eigenvalue weighted by atomic mass is 79.9. The smallest absolute Gasteiger partial charge is 0.314 e. The number of nitro benzene ring substituents is 1. The van der Waals surface area contributed by atoms with Crippen molar-refractivity contribution in [1.29, 1.82) is 0 Å². The molecule has 21 heavy (non-hydrogen) atoms. The fourth-order valence-electron chi connectivity index (χ4n) is 3.55. The predicted molar refractivity (Wildman–Crippen MR) is 82.3 cm³/mol. The summed E-state index contributed by atoms with van der Waals surface area (Å²) in [4.78, 5) is 11.3. The molecule has 1 aromatic carbocycles. The van der Waals surface area contributed by atoms with Crippen molar-refractivity contribution in [3.8, 4) is 11.5 Å². The van der Waals surface area contributed by atoms with Gasteiger partial charge in [0.2, 0.25) is 0 Å². The second kappa shape index (κ2) is 5.48. The first kappa shape index (κ1) is 14.6. The number of nitrogens with zero attached hydrogens (tertiary/aromatic N) is 1. The van der Waals surface area contributed by atoms with Crippen molar-refractivity contribution >= 4 is 21.6 Å². The van der Waals surface area contributed by atoms with Gasteiger partial charge in [-0.3, -0.25) is 10.1 Å². The minimum atomic E-state index is -0.413. The third-order valence-corrected chi connectivity index (χ3v) is 6.14. The number of ether oxygens (including phenoxy) is 2. The Morgan fingerprint density at radius 2 is 2.10 bits per heavy atom. The maximum atomic E-state index is 11.2. The van der Waals surface area contributed by atoms with Crippen molar-refractivity contribution < 1.29 is 14.4 Å². The molecule has 2 aliphatic rings. The lowest BCUT2D eigenvalue weighted by Gasteiger charge is -2.51. The second-order valence-corrected chi connectivity index (χ2v) is 6.95. The van der Waals surface area contributed by atoms with Crippen LogP contribution >= 0.6 is 15.9 Å². The summed E-state index contributed by atoms with van der Waals surface area (Å²) in [5.74, 6) is 0.813. The van der Waals surface area contributed by atoms with Crippen LogP contribution in [0.15, 0.2) is 18.2 Å². The molecular formula is C15H18BrNO4. The number of hydrogen-bond donors (Lipinski definition) is 0. The SMILES string of the molecule is COc1ccc(OC2CC(Br)C23CCCC3)c([N+](=O)[O-])c1. The van der Waals surface area contributed by atoms with E-state index < -0.39 is 4.92 Å². The molecule has 2 atom stereocenters. The number of methoxy groups -OCH3 is 1. The van der Waals surface area contributed by atoms with E-state index in [1.807, 2.05) is 0 Å². The van der Waals surface area contributed by atoms with E-state index in [0.29, 0.717) is 16.3 Å². The van der Waals surface area contributed by atoms with Crippen LogP contribution in [-0.2, 0) is 0 Å². The summed E-state index contributed by atoms with van der Waals surface area (Å²) >= 11 is 3.73. The molecule has 2 aliphatic carbocycles. The summed E-state index contributed by atoms with van der Waals surface area (Å²) < 4.78 is 11.1. The zero-order valence-electron chi connectivity index (χ0n) is 11.9. The van der Waals surface area contributed by atoms with Gasteiger partial charge in [0.15, 0.2) is 5.75 Å². The zero-order chi connectivity index (χ0) is 15.0. The Morgan fingerprint density at radius 1 is 1.38 bits per heavy atom. The minimum absolute atomic E-state index is 0.0273. The van der Waals surface area contributed by atoms with Gasteiger partial charge in [0.1, 0.15) is 11.9 Å². The lowest BCUT2D eigenvalue weighted by atomic mass is 9.64. The van der Waals surface area contributed by atoms with Gasteiger partial charge in [-0.15, -0.1) is 0 Å². The van der Waals surface area contributed by atoms with Gasteiger partial charge in [0.05, 0.1) is 18.1 Å². The van der Waals surface area contributed by atoms with E-state index in [0.717, 1.165) is 19.3 Å². The van der Waals surface area contributed by atoms with Crippen LogP contribution in [0.3, 0.4) is 0 Å². The minimum Gasteiger partial charge on any atom is -0.496 e. The highest BCUT2D eigenvalue weighted by Gasteiger charge is 2.56. The van der Waals surface area contributed by atoms with Crippen molar-refractivity contribution in [2.75, 3.05) is 7.11 Å². The average molecular weight is 356 g/mol. The van der Waals surface area contributed by atoms with Crippen molar-refractivity contribution in [2.45, 2.75) is 43.0 Å². The first-order chi connectivity index (χ1) is 10.1. The van der Waals surface area contributed by atoms with E-state index in [1.54, 1.807) is 12.1 Å². The van der Waals surface area contributed by atoms with Crippen LogP contribution in [0.4, 0.5) is 5.69 Å². The molecule has 0 aliphatic heterocycles. The van der Waals surface area contributed by atoms with E-state index >= 15 is 0 Å². The highest BCUT2D eigenvalue weighted by molar-refractivity contribution is 9.09. The van der Waals surface area contributed by atoms with Crippen LogP contribution in [0.25, 0.3) is 0 Å². The number of benzene rings is 1. The van der Waals surface area contributed by atoms with Crippen LogP contribution < -0.4 is 9.47 Å². The van der Waals surface area contributed by atoms with Crippen molar-refractivity contribution in [1.82, 2.24) is 0 Å². The topological polar surface area (TPSA) is 61.6 Å². The maximum absolute atomic E-state index is 11.2. The molecule has 6 heteroatoms. The Bertz CT molecular complexity index is 557. The molecule has 0 saturated heterocycles. The fourth-order valence-corrected chi connectivity index (χ4v) is 4.64. The van der Waals surface area contributed by atoms with E-state index in [1.165, 1.54) is 26.0 Å². The third-order valence-electron chi connectivity index (χ3n) is 4.85. The first-order valence-corrected chi connectivity index (χ1v) is 8.11. The van der Waals surface area contributed by atoms with Crippen molar-refractivity contribution in [2.24, 2.45) is 5.41 Å². The van der Waals surface area contributed by atoms with Crippen LogP contribution in [0.1, 0.15) is 32.1 Å². The second-order valence-electron chi connectivity index (χ2n) is 5.84. The lowest BCUT2D eigenvalue weighted by Crippen LogP contribution is -2.55. The van der Waals surface area contributed by atoms with Gasteiger partial charge in [-0.05, 0) is 31.4 Å². The van der Waals surface area contributed by atoms with E-state index in [-0.39, 0.29) is 17.2 Å². The Balaban J connectivity index is 1.83. The summed E-state index contributed by atoms with van der Waals surface area (Å²) in [7, 11) is 1.49. The largest absolute Gasteiger partial charge is 0.496 e. The van der Waals surface area contributed by atoms with Gasteiger partial charge < -0.3 is 9.47 Å². The molecule has 3 rings (SSSR count). The Hall–Kier alpha value is -1.30. The summed E-state index contributed by atoms with van der Waals surface area (Å²) in [6.45, 7) is 0. The predicted octanol–water partition coefficient (Wildman–Crippen LogP) is 4.08. The normalized spacial score (nSPS) is 26.4. The van der Waals surface area contributed by atoms with E-state index in [4.69, 9.17) is 9.47 Å². The fraction of sp³-hybridized carbons (Fsp3) is 0.600. The third kappa shape index (κ3) is 2.39. The number of hydrogen-bond acceptors (Lipinski definition) is 4. The average Bonchev–Trinajstić information content (AvgIpc) is 2.99. The molecule has 0 radical (unpaired) electrons. The molecule has 0 amide bonds. The molecule has 0 N–H and O–H groups in total. The summed E-state index contributed by atoms with van der Waals surface area (Å²) in [6, 6.07) is 4.76. The molecular weight excluding hydrogens is 338 g/mol. The number of rotatable bonds is 4. The van der Waals surface area contributed by atoms with Gasteiger partial charge in [0, 0.05) is 10.2 Å². The van der Waals surface area contributed by atoms with Gasteiger partial charge in [-0.1, -0.05) is 28.8 Å². The van der Waals surface area contributed by atoms with E-state index in [2.05, 4.69) is 15.9 Å². The monoisotopic (exact) mass is 355 g/mol. The van der Waals surface area contributed by atoms with Crippen molar-refractivity contribution in [3.05, 3.63) is 28.3 Å². The Morgan fingerprint density at radius 3 is 2.67 bits per heavy atom. The van der Waals surface area contributed by atoms with Gasteiger partial charge >= 0.3 is 5.69 Å². The summed E-state index contributed by atoms with van der Waals surface area (Å²) in [5.41, 5.74) is 0.133. The Kier molecular flexibility index (Phi) is 3.82. The molecule has 0 bridgehead atoms. The molecule has 114 valence electrons. The molecule has 5 nitrogen and oxygen atoms in total. The van der Waals surface area contributed by atoms with Gasteiger partial charge in [-0.2, -0.15) is 0 Å². The molecule has 1 spiro atoms. The standard InChI is InChI=1S/C15H18BrNO4/c1-20-10-4-5-12(11(8-10)17(18)19)21-14-9-13(16)15(14)6-2-3-7-15/h4-5,8,13-14H,2-3,6-7,9H2,1H3. The van der Waals surface area contributed by atoms with Crippen LogP contribution in [-0.4, -0.2) is 23.0 Å². The molecule has 2 unspecified atom stereocenters. The van der Waals surface area contributed by atoms with Gasteiger partial charge in [-0.25, -0.2) is 0 Å². The molecule has 1 aromatic rings. The highest BCUT2D eigenvalue weighted by Crippen LogP contribution is 2.58. The number of halogens is 1. The number of alkyl halides is 1. The Labute approximate surface area is 131 Å². The van der Waals surface area contributed by atoms with Crippen LogP contribution in [0.5, 0.6) is 11.5 Å². The molecule has 2 saturated carbocycles. The quantitative estimate of drug-likeness (QED) is 0.463. The van der Waals surface area contributed by atoms with Crippen LogP contribution in [0, 0.1) is 15.5 Å².